The maximum absolute atomic E-state index is 12.4. The van der Waals surface area contributed by atoms with E-state index in [0.717, 1.165) is 0 Å². The second-order valence-corrected chi connectivity index (χ2v) is 5.15. The van der Waals surface area contributed by atoms with Gasteiger partial charge in [-0.15, -0.1) is 0 Å². The molecule has 2 rings (SSSR count). The van der Waals surface area contributed by atoms with Crippen molar-refractivity contribution in [2.24, 2.45) is 0 Å². The maximum atomic E-state index is 12.4. The third-order valence-corrected chi connectivity index (χ3v) is 3.21. The van der Waals surface area contributed by atoms with Crippen LogP contribution in [0.2, 0.25) is 0 Å². The lowest BCUT2D eigenvalue weighted by Gasteiger charge is -2.19. The molecule has 2 N–H and O–H groups in total. The van der Waals surface area contributed by atoms with Gasteiger partial charge in [0.05, 0.1) is 17.8 Å². The Bertz CT molecular complexity index is 558. The summed E-state index contributed by atoms with van der Waals surface area (Å²) in [5.41, 5.74) is 0.0285. The van der Waals surface area contributed by atoms with Crippen molar-refractivity contribution >= 4 is 5.91 Å². The average molecular weight is 274 g/mol. The summed E-state index contributed by atoms with van der Waals surface area (Å²) < 4.78 is 0. The molecule has 1 aliphatic rings. The fourth-order valence-electron chi connectivity index (χ4n) is 2.16. The van der Waals surface area contributed by atoms with Gasteiger partial charge in [-0.25, -0.2) is 4.98 Å². The van der Waals surface area contributed by atoms with Crippen LogP contribution in [0.3, 0.4) is 0 Å². The van der Waals surface area contributed by atoms with E-state index in [4.69, 9.17) is 5.11 Å². The van der Waals surface area contributed by atoms with Gasteiger partial charge in [0.25, 0.3) is 5.91 Å². The molecular weight excluding hydrogens is 256 g/mol. The molecule has 20 heavy (non-hydrogen) atoms. The van der Waals surface area contributed by atoms with Crippen LogP contribution < -0.4 is 0 Å². The van der Waals surface area contributed by atoms with Crippen molar-refractivity contribution in [1.29, 1.82) is 0 Å². The van der Waals surface area contributed by atoms with Gasteiger partial charge in [-0.05, 0) is 25.5 Å². The van der Waals surface area contributed by atoms with Crippen molar-refractivity contribution in [2.75, 3.05) is 19.7 Å². The van der Waals surface area contributed by atoms with Gasteiger partial charge in [0, 0.05) is 25.7 Å². The first-order chi connectivity index (χ1) is 9.53. The maximum Gasteiger partial charge on any atom is 0.273 e. The first-order valence-electron chi connectivity index (χ1n) is 6.60. The van der Waals surface area contributed by atoms with E-state index in [-0.39, 0.29) is 12.5 Å². The van der Waals surface area contributed by atoms with E-state index in [0.29, 0.717) is 37.2 Å². The molecule has 1 saturated heterocycles. The minimum absolute atomic E-state index is 0.00840. The summed E-state index contributed by atoms with van der Waals surface area (Å²) in [6, 6.07) is 3.46. The third kappa shape index (κ3) is 3.35. The van der Waals surface area contributed by atoms with E-state index in [1.807, 2.05) is 0 Å². The Labute approximate surface area is 118 Å². The second kappa shape index (κ2) is 6.04. The van der Waals surface area contributed by atoms with Crippen LogP contribution in [-0.4, -0.2) is 51.3 Å². The molecule has 1 fully saturated rings. The molecule has 106 valence electrons. The van der Waals surface area contributed by atoms with Crippen molar-refractivity contribution in [2.45, 2.75) is 25.4 Å². The summed E-state index contributed by atoms with van der Waals surface area (Å²) in [6.45, 7) is 2.55. The standard InChI is InChI=1S/C15H18N2O3/c1-15(20)7-9-17(11-15)14(19)13-12(5-2-3-10-18)6-4-8-16-13/h4,6,8,18,20H,3,7,9-11H2,1H3. The molecule has 1 aliphatic heterocycles. The Balaban J connectivity index is 2.21. The summed E-state index contributed by atoms with van der Waals surface area (Å²) in [5.74, 6) is 5.44. The Hall–Kier alpha value is -1.90. The first-order valence-corrected chi connectivity index (χ1v) is 6.60. The zero-order valence-corrected chi connectivity index (χ0v) is 11.5. The number of β-amino-alcohol motifs (C(OH)–C–C–N with tert-alkyl or cyclic N) is 1. The van der Waals surface area contributed by atoms with Crippen molar-refractivity contribution < 1.29 is 15.0 Å². The Morgan fingerprint density at radius 2 is 2.40 bits per heavy atom. The number of aliphatic hydroxyl groups excluding tert-OH is 1. The van der Waals surface area contributed by atoms with Crippen LogP contribution in [0, 0.1) is 11.8 Å². The molecule has 1 unspecified atom stereocenters. The van der Waals surface area contributed by atoms with Gasteiger partial charge < -0.3 is 15.1 Å². The van der Waals surface area contributed by atoms with E-state index in [9.17, 15) is 9.90 Å². The van der Waals surface area contributed by atoms with E-state index in [1.54, 1.807) is 30.2 Å². The van der Waals surface area contributed by atoms with Crippen LogP contribution in [0.1, 0.15) is 35.8 Å². The molecule has 0 aromatic carbocycles. The Morgan fingerprint density at radius 1 is 1.60 bits per heavy atom. The van der Waals surface area contributed by atoms with Crippen LogP contribution in [-0.2, 0) is 0 Å². The second-order valence-electron chi connectivity index (χ2n) is 5.15. The number of aliphatic hydroxyl groups is 2. The highest BCUT2D eigenvalue weighted by Crippen LogP contribution is 2.22. The fourth-order valence-corrected chi connectivity index (χ4v) is 2.16. The summed E-state index contributed by atoms with van der Waals surface area (Å²) in [5, 5.41) is 18.7. The minimum atomic E-state index is -0.826. The number of hydrogen-bond donors (Lipinski definition) is 2. The molecule has 0 aliphatic carbocycles. The molecule has 1 aromatic heterocycles. The first kappa shape index (κ1) is 14.5. The molecule has 1 aromatic rings. The Morgan fingerprint density at radius 3 is 3.05 bits per heavy atom. The van der Waals surface area contributed by atoms with Crippen molar-refractivity contribution in [1.82, 2.24) is 9.88 Å². The number of carbonyl (C=O) groups is 1. The van der Waals surface area contributed by atoms with Gasteiger partial charge in [0.1, 0.15) is 5.69 Å². The van der Waals surface area contributed by atoms with Crippen LogP contribution in [0.4, 0.5) is 0 Å². The molecule has 5 nitrogen and oxygen atoms in total. The summed E-state index contributed by atoms with van der Waals surface area (Å²) >= 11 is 0. The van der Waals surface area contributed by atoms with Gasteiger partial charge in [-0.1, -0.05) is 11.8 Å². The average Bonchev–Trinajstić information content (AvgIpc) is 2.79. The number of hydrogen-bond acceptors (Lipinski definition) is 4. The van der Waals surface area contributed by atoms with E-state index < -0.39 is 5.60 Å². The van der Waals surface area contributed by atoms with Crippen LogP contribution in [0.15, 0.2) is 18.3 Å². The summed E-state index contributed by atoms with van der Waals surface area (Å²) in [7, 11) is 0. The van der Waals surface area contributed by atoms with Crippen molar-refractivity contribution in [3.63, 3.8) is 0 Å². The molecule has 5 heteroatoms. The zero-order chi connectivity index (χ0) is 14.6. The van der Waals surface area contributed by atoms with E-state index >= 15 is 0 Å². The molecule has 1 amide bonds. The minimum Gasteiger partial charge on any atom is -0.395 e. The lowest BCUT2D eigenvalue weighted by Crippen LogP contribution is -2.34. The molecule has 0 saturated carbocycles. The van der Waals surface area contributed by atoms with Crippen molar-refractivity contribution in [3.8, 4) is 11.8 Å². The highest BCUT2D eigenvalue weighted by atomic mass is 16.3. The largest absolute Gasteiger partial charge is 0.395 e. The lowest BCUT2D eigenvalue weighted by molar-refractivity contribution is 0.0569. The quantitative estimate of drug-likeness (QED) is 0.766. The number of pyridine rings is 1. The topological polar surface area (TPSA) is 73.7 Å². The molecule has 2 heterocycles. The number of amides is 1. The number of nitrogens with zero attached hydrogens (tertiary/aromatic N) is 2. The molecule has 0 bridgehead atoms. The molecule has 0 spiro atoms. The molecule has 0 radical (unpaired) electrons. The zero-order valence-electron chi connectivity index (χ0n) is 11.5. The number of aromatic nitrogens is 1. The van der Waals surface area contributed by atoms with Crippen LogP contribution in [0.5, 0.6) is 0 Å². The number of likely N-dealkylation sites (tertiary alicyclic amines) is 1. The SMILES string of the molecule is CC1(O)CCN(C(=O)c2ncccc2C#CCCO)C1. The number of carbonyl (C=O) groups excluding carboxylic acids is 1. The normalized spacial score (nSPS) is 21.4. The Kier molecular flexibility index (Phi) is 4.38. The van der Waals surface area contributed by atoms with E-state index in [1.165, 1.54) is 0 Å². The van der Waals surface area contributed by atoms with Crippen molar-refractivity contribution in [3.05, 3.63) is 29.6 Å². The fraction of sp³-hybridized carbons (Fsp3) is 0.467. The highest BCUT2D eigenvalue weighted by Gasteiger charge is 2.35. The van der Waals surface area contributed by atoms with Crippen LogP contribution >= 0.6 is 0 Å². The van der Waals surface area contributed by atoms with Gasteiger partial charge in [0.2, 0.25) is 0 Å². The third-order valence-electron chi connectivity index (χ3n) is 3.21. The summed E-state index contributed by atoms with van der Waals surface area (Å²) in [4.78, 5) is 18.1. The molecule has 1 atom stereocenters. The highest BCUT2D eigenvalue weighted by molar-refractivity contribution is 5.95. The molecular formula is C15H18N2O3. The summed E-state index contributed by atoms with van der Waals surface area (Å²) in [6.07, 6.45) is 2.48. The van der Waals surface area contributed by atoms with Gasteiger partial charge in [-0.2, -0.15) is 0 Å². The lowest BCUT2D eigenvalue weighted by atomic mass is 10.1. The van der Waals surface area contributed by atoms with Gasteiger partial charge in [-0.3, -0.25) is 4.79 Å². The predicted octanol–water partition coefficient (Wildman–Crippen LogP) is 0.412. The monoisotopic (exact) mass is 274 g/mol. The smallest absolute Gasteiger partial charge is 0.273 e. The predicted molar refractivity (Wildman–Crippen MR) is 74.0 cm³/mol. The van der Waals surface area contributed by atoms with E-state index in [2.05, 4.69) is 16.8 Å². The van der Waals surface area contributed by atoms with Gasteiger partial charge in [0.15, 0.2) is 0 Å². The van der Waals surface area contributed by atoms with Gasteiger partial charge >= 0.3 is 0 Å². The van der Waals surface area contributed by atoms with Crippen LogP contribution in [0.25, 0.3) is 0 Å². The number of rotatable bonds is 2.